The Labute approximate surface area is 152 Å². The number of ether oxygens (including phenoxy) is 3. The SMILES string of the molecule is CN=C(NCCCOC1CCOC1)NCCCN1CC(C)OC(C)C1. The fraction of sp³-hybridized carbons (Fsp3) is 0.944. The molecule has 0 aliphatic carbocycles. The van der Waals surface area contributed by atoms with Crippen molar-refractivity contribution in [3.63, 3.8) is 0 Å². The molecule has 0 saturated carbocycles. The van der Waals surface area contributed by atoms with Crippen molar-refractivity contribution < 1.29 is 14.2 Å². The number of nitrogens with zero attached hydrogens (tertiary/aromatic N) is 2. The molecule has 0 amide bonds. The van der Waals surface area contributed by atoms with E-state index in [1.165, 1.54) is 0 Å². The lowest BCUT2D eigenvalue weighted by Crippen LogP contribution is -2.46. The van der Waals surface area contributed by atoms with Gasteiger partial charge in [-0.3, -0.25) is 9.89 Å². The third-order valence-electron chi connectivity index (χ3n) is 4.52. The highest BCUT2D eigenvalue weighted by Crippen LogP contribution is 2.10. The number of hydrogen-bond donors (Lipinski definition) is 2. The zero-order chi connectivity index (χ0) is 17.9. The maximum atomic E-state index is 5.77. The molecule has 2 heterocycles. The zero-order valence-electron chi connectivity index (χ0n) is 16.1. The predicted molar refractivity (Wildman–Crippen MR) is 100 cm³/mol. The van der Waals surface area contributed by atoms with Gasteiger partial charge in [0.15, 0.2) is 5.96 Å². The Balaban J connectivity index is 1.47. The van der Waals surface area contributed by atoms with Crippen LogP contribution < -0.4 is 10.6 Å². The molecule has 2 fully saturated rings. The third-order valence-corrected chi connectivity index (χ3v) is 4.52. The van der Waals surface area contributed by atoms with E-state index in [9.17, 15) is 0 Å². The van der Waals surface area contributed by atoms with Crippen LogP contribution >= 0.6 is 0 Å². The number of nitrogens with one attached hydrogen (secondary N) is 2. The molecule has 3 atom stereocenters. The van der Waals surface area contributed by atoms with E-state index in [1.807, 2.05) is 7.05 Å². The standard InChI is InChI=1S/C18H36N4O3/c1-15-12-22(13-16(2)25-15)9-4-7-20-18(19-3)21-8-5-10-24-17-6-11-23-14-17/h15-17H,4-14H2,1-3H3,(H2,19,20,21). The molecule has 2 rings (SSSR count). The average molecular weight is 357 g/mol. The minimum atomic E-state index is 0.295. The summed E-state index contributed by atoms with van der Waals surface area (Å²) in [5.41, 5.74) is 0. The lowest BCUT2D eigenvalue weighted by atomic mass is 10.2. The zero-order valence-corrected chi connectivity index (χ0v) is 16.1. The molecule has 0 aromatic carbocycles. The van der Waals surface area contributed by atoms with Crippen LogP contribution in [0.2, 0.25) is 0 Å². The van der Waals surface area contributed by atoms with Crippen molar-refractivity contribution in [2.24, 2.45) is 4.99 Å². The van der Waals surface area contributed by atoms with E-state index in [-0.39, 0.29) is 0 Å². The van der Waals surface area contributed by atoms with E-state index in [4.69, 9.17) is 14.2 Å². The Morgan fingerprint density at radius 2 is 1.88 bits per heavy atom. The number of hydrogen-bond acceptors (Lipinski definition) is 5. The summed E-state index contributed by atoms with van der Waals surface area (Å²) in [7, 11) is 1.81. The summed E-state index contributed by atoms with van der Waals surface area (Å²) in [6.45, 7) is 11.6. The molecule has 3 unspecified atom stereocenters. The van der Waals surface area contributed by atoms with Gasteiger partial charge in [0.05, 0.1) is 24.9 Å². The predicted octanol–water partition coefficient (Wildman–Crippen LogP) is 0.846. The second-order valence-corrected chi connectivity index (χ2v) is 7.01. The average Bonchev–Trinajstić information content (AvgIpc) is 3.09. The Kier molecular flexibility index (Phi) is 9.54. The first-order chi connectivity index (χ1) is 12.2. The Hall–Kier alpha value is -0.890. The molecule has 146 valence electrons. The highest BCUT2D eigenvalue weighted by atomic mass is 16.5. The smallest absolute Gasteiger partial charge is 0.190 e. The van der Waals surface area contributed by atoms with Crippen molar-refractivity contribution in [2.75, 3.05) is 59.6 Å². The molecule has 7 heteroatoms. The fourth-order valence-electron chi connectivity index (χ4n) is 3.37. The maximum Gasteiger partial charge on any atom is 0.190 e. The summed E-state index contributed by atoms with van der Waals surface area (Å²) in [5.74, 6) is 0.868. The fourth-order valence-corrected chi connectivity index (χ4v) is 3.37. The molecule has 0 bridgehead atoms. The number of rotatable bonds is 9. The Morgan fingerprint density at radius 3 is 2.52 bits per heavy atom. The van der Waals surface area contributed by atoms with Crippen LogP contribution in [0.3, 0.4) is 0 Å². The summed E-state index contributed by atoms with van der Waals surface area (Å²) in [4.78, 5) is 6.76. The van der Waals surface area contributed by atoms with Gasteiger partial charge in [0.1, 0.15) is 0 Å². The molecule has 0 radical (unpaired) electrons. The molecule has 7 nitrogen and oxygen atoms in total. The summed E-state index contributed by atoms with van der Waals surface area (Å²) in [6, 6.07) is 0. The molecular formula is C18H36N4O3. The van der Waals surface area contributed by atoms with Crippen molar-refractivity contribution in [1.82, 2.24) is 15.5 Å². The first-order valence-corrected chi connectivity index (χ1v) is 9.69. The number of morpholine rings is 1. The summed E-state index contributed by atoms with van der Waals surface area (Å²) in [5, 5.41) is 6.73. The van der Waals surface area contributed by atoms with E-state index in [1.54, 1.807) is 0 Å². The normalized spacial score (nSPS) is 28.3. The minimum Gasteiger partial charge on any atom is -0.379 e. The van der Waals surface area contributed by atoms with Crippen LogP contribution in [0.1, 0.15) is 33.1 Å². The van der Waals surface area contributed by atoms with E-state index in [0.29, 0.717) is 18.3 Å². The number of guanidine groups is 1. The van der Waals surface area contributed by atoms with Gasteiger partial charge in [-0.05, 0) is 33.1 Å². The quantitative estimate of drug-likeness (QED) is 0.363. The van der Waals surface area contributed by atoms with E-state index >= 15 is 0 Å². The van der Waals surface area contributed by atoms with Gasteiger partial charge in [-0.25, -0.2) is 0 Å². The van der Waals surface area contributed by atoms with Crippen molar-refractivity contribution >= 4 is 5.96 Å². The van der Waals surface area contributed by atoms with Crippen molar-refractivity contribution in [3.05, 3.63) is 0 Å². The highest BCUT2D eigenvalue weighted by Gasteiger charge is 2.21. The van der Waals surface area contributed by atoms with Gasteiger partial charge < -0.3 is 24.8 Å². The van der Waals surface area contributed by atoms with Gasteiger partial charge in [-0.1, -0.05) is 0 Å². The minimum absolute atomic E-state index is 0.295. The van der Waals surface area contributed by atoms with Gasteiger partial charge in [-0.2, -0.15) is 0 Å². The topological polar surface area (TPSA) is 67.4 Å². The van der Waals surface area contributed by atoms with Crippen LogP contribution in [0.15, 0.2) is 4.99 Å². The molecule has 0 aromatic rings. The summed E-state index contributed by atoms with van der Waals surface area (Å²) < 4.78 is 16.8. The molecule has 25 heavy (non-hydrogen) atoms. The first kappa shape index (κ1) is 20.4. The van der Waals surface area contributed by atoms with Crippen LogP contribution in [-0.2, 0) is 14.2 Å². The Morgan fingerprint density at radius 1 is 1.16 bits per heavy atom. The van der Waals surface area contributed by atoms with E-state index in [0.717, 1.165) is 77.8 Å². The van der Waals surface area contributed by atoms with E-state index in [2.05, 4.69) is 34.4 Å². The summed E-state index contributed by atoms with van der Waals surface area (Å²) >= 11 is 0. The van der Waals surface area contributed by atoms with Crippen LogP contribution in [0.5, 0.6) is 0 Å². The molecule has 2 saturated heterocycles. The van der Waals surface area contributed by atoms with Crippen LogP contribution in [-0.4, -0.2) is 88.8 Å². The molecule has 2 aliphatic heterocycles. The first-order valence-electron chi connectivity index (χ1n) is 9.69. The third kappa shape index (κ3) is 8.35. The van der Waals surface area contributed by atoms with E-state index < -0.39 is 0 Å². The number of aliphatic imine (C=N–C) groups is 1. The van der Waals surface area contributed by atoms with Gasteiger partial charge >= 0.3 is 0 Å². The monoisotopic (exact) mass is 356 g/mol. The van der Waals surface area contributed by atoms with Gasteiger partial charge in [0.25, 0.3) is 0 Å². The molecule has 2 aliphatic rings. The van der Waals surface area contributed by atoms with Crippen molar-refractivity contribution in [3.8, 4) is 0 Å². The molecule has 2 N–H and O–H groups in total. The van der Waals surface area contributed by atoms with Crippen molar-refractivity contribution in [1.29, 1.82) is 0 Å². The molecule has 0 spiro atoms. The van der Waals surface area contributed by atoms with Crippen LogP contribution in [0.25, 0.3) is 0 Å². The maximum absolute atomic E-state index is 5.77. The highest BCUT2D eigenvalue weighted by molar-refractivity contribution is 5.79. The Bertz CT molecular complexity index is 379. The lowest BCUT2D eigenvalue weighted by molar-refractivity contribution is -0.0679. The van der Waals surface area contributed by atoms with Gasteiger partial charge in [-0.15, -0.1) is 0 Å². The van der Waals surface area contributed by atoms with Gasteiger partial charge in [0, 0.05) is 53.0 Å². The largest absolute Gasteiger partial charge is 0.379 e. The van der Waals surface area contributed by atoms with Crippen molar-refractivity contribution in [2.45, 2.75) is 51.4 Å². The van der Waals surface area contributed by atoms with Crippen LogP contribution in [0.4, 0.5) is 0 Å². The second kappa shape index (κ2) is 11.7. The van der Waals surface area contributed by atoms with Crippen LogP contribution in [0, 0.1) is 0 Å². The lowest BCUT2D eigenvalue weighted by Gasteiger charge is -2.35. The summed E-state index contributed by atoms with van der Waals surface area (Å²) in [6.07, 6.45) is 4.07. The second-order valence-electron chi connectivity index (χ2n) is 7.01. The molecule has 0 aromatic heterocycles. The molecular weight excluding hydrogens is 320 g/mol. The van der Waals surface area contributed by atoms with Gasteiger partial charge in [0.2, 0.25) is 0 Å².